The second kappa shape index (κ2) is 6.24. The number of ether oxygens (including phenoxy) is 1. The summed E-state index contributed by atoms with van der Waals surface area (Å²) >= 11 is 0. The molecule has 3 heteroatoms. The van der Waals surface area contributed by atoms with Crippen molar-refractivity contribution in [3.8, 4) is 0 Å². The van der Waals surface area contributed by atoms with E-state index >= 15 is 0 Å². The Morgan fingerprint density at radius 1 is 1.35 bits per heavy atom. The van der Waals surface area contributed by atoms with E-state index in [2.05, 4.69) is 32.6 Å². The number of hydrogen-bond donors (Lipinski definition) is 2. The largest absolute Gasteiger partial charge is 0.501 e. The Bertz CT molecular complexity index is 662. The summed E-state index contributed by atoms with van der Waals surface area (Å²) < 4.78 is 5.51. The average molecular weight is 359 g/mol. The Balaban J connectivity index is 1.71. The van der Waals surface area contributed by atoms with Crippen LogP contribution in [0.3, 0.4) is 0 Å². The molecular formula is C23H34O3. The van der Waals surface area contributed by atoms with Crippen LogP contribution in [0.1, 0.15) is 52.4 Å². The summed E-state index contributed by atoms with van der Waals surface area (Å²) in [5, 5.41) is 21.0. The van der Waals surface area contributed by atoms with Crippen molar-refractivity contribution >= 4 is 0 Å². The molecule has 2 fully saturated rings. The molecule has 0 saturated heterocycles. The smallest absolute Gasteiger partial charge is 0.0958 e. The third-order valence-corrected chi connectivity index (χ3v) is 8.62. The molecule has 2 saturated carbocycles. The molecule has 0 aromatic rings. The number of fused-ring (bicyclic) bond motifs is 5. The molecule has 7 atom stereocenters. The van der Waals surface area contributed by atoms with Gasteiger partial charge in [-0.25, -0.2) is 0 Å². The van der Waals surface area contributed by atoms with Gasteiger partial charge < -0.3 is 14.9 Å². The lowest BCUT2D eigenvalue weighted by molar-refractivity contribution is -0.115. The molecule has 0 amide bonds. The van der Waals surface area contributed by atoms with Gasteiger partial charge in [0.2, 0.25) is 0 Å². The van der Waals surface area contributed by atoms with Gasteiger partial charge in [0.15, 0.2) is 0 Å². The van der Waals surface area contributed by atoms with Crippen LogP contribution in [-0.2, 0) is 4.74 Å². The van der Waals surface area contributed by atoms with Crippen LogP contribution in [0.25, 0.3) is 0 Å². The Morgan fingerprint density at radius 3 is 2.81 bits per heavy atom. The minimum absolute atomic E-state index is 0.0533. The van der Waals surface area contributed by atoms with Gasteiger partial charge in [-0.15, -0.1) is 0 Å². The quantitative estimate of drug-likeness (QED) is 0.743. The first-order chi connectivity index (χ1) is 12.3. The highest BCUT2D eigenvalue weighted by Gasteiger charge is 2.61. The highest BCUT2D eigenvalue weighted by molar-refractivity contribution is 5.36. The molecule has 26 heavy (non-hydrogen) atoms. The van der Waals surface area contributed by atoms with E-state index in [4.69, 9.17) is 4.74 Å². The lowest BCUT2D eigenvalue weighted by Crippen LogP contribution is -2.55. The molecule has 144 valence electrons. The summed E-state index contributed by atoms with van der Waals surface area (Å²) in [6, 6.07) is 0. The fraction of sp³-hybridized carbons (Fsp3) is 0.739. The van der Waals surface area contributed by atoms with Crippen LogP contribution < -0.4 is 0 Å². The van der Waals surface area contributed by atoms with Crippen molar-refractivity contribution in [3.63, 3.8) is 0 Å². The third-order valence-electron chi connectivity index (χ3n) is 8.62. The van der Waals surface area contributed by atoms with Crippen LogP contribution >= 0.6 is 0 Å². The Labute approximate surface area is 157 Å². The van der Waals surface area contributed by atoms with Crippen LogP contribution in [0, 0.1) is 34.5 Å². The maximum atomic E-state index is 11.3. The first kappa shape index (κ1) is 18.3. The summed E-state index contributed by atoms with van der Waals surface area (Å²) in [6.07, 6.45) is 10.6. The Hall–Kier alpha value is -1.06. The molecule has 0 aromatic heterocycles. The predicted molar refractivity (Wildman–Crippen MR) is 103 cm³/mol. The number of aliphatic hydroxyl groups excluding tert-OH is 2. The molecule has 0 heterocycles. The zero-order valence-electron chi connectivity index (χ0n) is 16.5. The summed E-state index contributed by atoms with van der Waals surface area (Å²) in [7, 11) is 1.76. The van der Waals surface area contributed by atoms with E-state index in [0.29, 0.717) is 23.7 Å². The third kappa shape index (κ3) is 2.39. The average Bonchev–Trinajstić information content (AvgIpc) is 2.96. The molecule has 3 nitrogen and oxygen atoms in total. The second-order valence-corrected chi connectivity index (χ2v) is 9.65. The number of methoxy groups -OCH3 is 1. The lowest BCUT2D eigenvalue weighted by atomic mass is 9.47. The number of aliphatic hydroxyl groups is 2. The van der Waals surface area contributed by atoms with E-state index < -0.39 is 0 Å². The maximum absolute atomic E-state index is 11.3. The zero-order chi connectivity index (χ0) is 18.7. The highest BCUT2D eigenvalue weighted by Crippen LogP contribution is 2.66. The van der Waals surface area contributed by atoms with Gasteiger partial charge in [-0.05, 0) is 83.8 Å². The highest BCUT2D eigenvalue weighted by atomic mass is 16.5. The Morgan fingerprint density at radius 2 is 2.12 bits per heavy atom. The topological polar surface area (TPSA) is 49.7 Å². The number of hydrogen-bond acceptors (Lipinski definition) is 3. The van der Waals surface area contributed by atoms with E-state index in [0.717, 1.165) is 43.4 Å². The minimum atomic E-state index is -0.278. The molecule has 4 rings (SSSR count). The van der Waals surface area contributed by atoms with Crippen LogP contribution in [-0.4, -0.2) is 30.0 Å². The predicted octanol–water partition coefficient (Wildman–Crippen LogP) is 4.22. The van der Waals surface area contributed by atoms with Gasteiger partial charge in [-0.1, -0.05) is 26.5 Å². The van der Waals surface area contributed by atoms with E-state index in [9.17, 15) is 10.2 Å². The van der Waals surface area contributed by atoms with Gasteiger partial charge in [0.05, 0.1) is 25.6 Å². The number of rotatable bonds is 3. The molecule has 4 aliphatic carbocycles. The monoisotopic (exact) mass is 358 g/mol. The van der Waals surface area contributed by atoms with Gasteiger partial charge in [-0.3, -0.25) is 0 Å². The summed E-state index contributed by atoms with van der Waals surface area (Å²) in [5.74, 6) is 2.90. The van der Waals surface area contributed by atoms with Crippen molar-refractivity contribution in [1.82, 2.24) is 0 Å². The van der Waals surface area contributed by atoms with Gasteiger partial charge in [0.1, 0.15) is 0 Å². The van der Waals surface area contributed by atoms with Crippen molar-refractivity contribution in [2.75, 3.05) is 13.7 Å². The van der Waals surface area contributed by atoms with Gasteiger partial charge in [0.25, 0.3) is 0 Å². The van der Waals surface area contributed by atoms with Crippen molar-refractivity contribution in [1.29, 1.82) is 0 Å². The van der Waals surface area contributed by atoms with E-state index in [1.807, 2.05) is 0 Å². The fourth-order valence-electron chi connectivity index (χ4n) is 7.38. The van der Waals surface area contributed by atoms with E-state index in [1.165, 1.54) is 12.0 Å². The van der Waals surface area contributed by atoms with Crippen molar-refractivity contribution < 1.29 is 14.9 Å². The Kier molecular flexibility index (Phi) is 4.39. The SMILES string of the molecule is C=C(CO)[C@H]1CC[C@H]2[C@@H]3CC=C4C=C(OC)CC[C@]4(C)[C@H]3[C@@H](O)C[C@]12C. The normalized spacial score (nSPS) is 47.2. The van der Waals surface area contributed by atoms with Gasteiger partial charge in [0, 0.05) is 6.42 Å². The molecular weight excluding hydrogens is 324 g/mol. The minimum Gasteiger partial charge on any atom is -0.501 e. The summed E-state index contributed by atoms with van der Waals surface area (Å²) in [5.41, 5.74) is 2.46. The standard InChI is InChI=1S/C23H34O3/c1-14(13-24)18-7-8-19-17-6-5-15-11-16(26-4)9-10-22(15,2)21(17)20(25)12-23(18,19)3/h5,11,17-21,24-25H,1,6-10,12-13H2,2-4H3/t17-,18+,19-,20-,21+,22-,23+/m0/s1. The van der Waals surface area contributed by atoms with E-state index in [1.54, 1.807) is 7.11 Å². The van der Waals surface area contributed by atoms with Crippen molar-refractivity contribution in [2.24, 2.45) is 34.5 Å². The molecule has 0 radical (unpaired) electrons. The maximum Gasteiger partial charge on any atom is 0.0958 e. The fourth-order valence-corrected chi connectivity index (χ4v) is 7.38. The first-order valence-corrected chi connectivity index (χ1v) is 10.3. The first-order valence-electron chi connectivity index (χ1n) is 10.3. The van der Waals surface area contributed by atoms with Crippen molar-refractivity contribution in [2.45, 2.75) is 58.5 Å². The molecule has 0 bridgehead atoms. The van der Waals surface area contributed by atoms with Crippen LogP contribution in [0.2, 0.25) is 0 Å². The van der Waals surface area contributed by atoms with Crippen LogP contribution in [0.15, 0.2) is 35.6 Å². The second-order valence-electron chi connectivity index (χ2n) is 9.65. The van der Waals surface area contributed by atoms with Gasteiger partial charge in [-0.2, -0.15) is 0 Å². The van der Waals surface area contributed by atoms with Crippen LogP contribution in [0.5, 0.6) is 0 Å². The summed E-state index contributed by atoms with van der Waals surface area (Å²) in [4.78, 5) is 0. The molecule has 4 aliphatic rings. The van der Waals surface area contributed by atoms with E-state index in [-0.39, 0.29) is 23.5 Å². The van der Waals surface area contributed by atoms with Crippen LogP contribution in [0.4, 0.5) is 0 Å². The molecule has 2 N–H and O–H groups in total. The molecule has 0 spiro atoms. The molecule has 0 aromatic carbocycles. The number of allylic oxidation sites excluding steroid dienone is 4. The lowest BCUT2D eigenvalue weighted by Gasteiger charge is -2.59. The zero-order valence-corrected chi connectivity index (χ0v) is 16.5. The van der Waals surface area contributed by atoms with Gasteiger partial charge >= 0.3 is 0 Å². The molecule has 0 unspecified atom stereocenters. The summed E-state index contributed by atoms with van der Waals surface area (Å²) in [6.45, 7) is 8.94. The van der Waals surface area contributed by atoms with Crippen molar-refractivity contribution in [3.05, 3.63) is 35.6 Å². The molecule has 0 aliphatic heterocycles.